The molecule has 3 rings (SSSR count). The van der Waals surface area contributed by atoms with Crippen LogP contribution in [0.25, 0.3) is 0 Å². The zero-order valence-electron chi connectivity index (χ0n) is 16.0. The highest BCUT2D eigenvalue weighted by Crippen LogP contribution is 2.23. The van der Waals surface area contributed by atoms with Gasteiger partial charge in [-0.15, -0.1) is 0 Å². The zero-order chi connectivity index (χ0) is 19.4. The molecule has 0 bridgehead atoms. The number of carbonyl (C=O) groups excluding carboxylic acids is 1. The molecule has 1 aromatic heterocycles. The van der Waals surface area contributed by atoms with Crippen molar-refractivity contribution in [3.05, 3.63) is 46.1 Å². The van der Waals surface area contributed by atoms with Crippen molar-refractivity contribution in [2.45, 2.75) is 44.7 Å². The number of hydrogen-bond acceptors (Lipinski definition) is 5. The van der Waals surface area contributed by atoms with E-state index in [0.29, 0.717) is 17.6 Å². The number of anilines is 2. The predicted molar refractivity (Wildman–Crippen MR) is 112 cm³/mol. The Labute approximate surface area is 168 Å². The minimum atomic E-state index is -0.0172. The molecule has 1 amide bonds. The van der Waals surface area contributed by atoms with Gasteiger partial charge in [-0.1, -0.05) is 12.1 Å². The Hall–Kier alpha value is -2.15. The molecule has 2 N–H and O–H groups in total. The first-order valence-corrected chi connectivity index (χ1v) is 10.1. The first kappa shape index (κ1) is 19.6. The predicted octanol–water partition coefficient (Wildman–Crippen LogP) is 3.77. The first-order chi connectivity index (χ1) is 12.9. The fourth-order valence-corrected chi connectivity index (χ4v) is 3.89. The van der Waals surface area contributed by atoms with Crippen LogP contribution in [0.15, 0.2) is 34.9 Å². The Bertz CT molecular complexity index is 803. The van der Waals surface area contributed by atoms with Crippen molar-refractivity contribution < 1.29 is 4.79 Å². The number of hydrogen-bond donors (Lipinski definition) is 2. The number of carbonyl (C=O) groups is 1. The average molecular weight is 432 g/mol. The molecule has 2 aromatic rings. The summed E-state index contributed by atoms with van der Waals surface area (Å²) in [6.07, 6.45) is 5.71. The minimum Gasteiger partial charge on any atom is -0.362 e. The average Bonchev–Trinajstić information content (AvgIpc) is 2.65. The summed E-state index contributed by atoms with van der Waals surface area (Å²) >= 11 is 3.44. The molecule has 27 heavy (non-hydrogen) atoms. The highest BCUT2D eigenvalue weighted by atomic mass is 79.9. The third kappa shape index (κ3) is 4.97. The van der Waals surface area contributed by atoms with E-state index in [2.05, 4.69) is 36.5 Å². The maximum Gasteiger partial charge on any atom is 0.252 e. The summed E-state index contributed by atoms with van der Waals surface area (Å²) in [5.41, 5.74) is 1.74. The van der Waals surface area contributed by atoms with Crippen molar-refractivity contribution in [2.24, 2.45) is 0 Å². The molecule has 1 heterocycles. The molecule has 1 saturated carbocycles. The SMILES string of the molecule is Cc1cnc(NC2CCC(NC(=O)c3ccccc3Br)CC2)nc1N(C)C. The normalized spacial score (nSPS) is 19.4. The number of aryl methyl sites for hydroxylation is 1. The summed E-state index contributed by atoms with van der Waals surface area (Å²) in [7, 11) is 3.97. The molecule has 0 aliphatic heterocycles. The second-order valence-corrected chi connectivity index (χ2v) is 8.10. The molecule has 0 saturated heterocycles. The molecule has 1 aromatic carbocycles. The van der Waals surface area contributed by atoms with E-state index in [1.165, 1.54) is 0 Å². The van der Waals surface area contributed by atoms with Crippen molar-refractivity contribution in [2.75, 3.05) is 24.3 Å². The van der Waals surface area contributed by atoms with Gasteiger partial charge in [-0.2, -0.15) is 4.98 Å². The van der Waals surface area contributed by atoms with Crippen molar-refractivity contribution in [1.29, 1.82) is 0 Å². The van der Waals surface area contributed by atoms with Crippen molar-refractivity contribution >= 4 is 33.6 Å². The van der Waals surface area contributed by atoms with Gasteiger partial charge in [-0.25, -0.2) is 4.98 Å². The summed E-state index contributed by atoms with van der Waals surface area (Å²) in [6, 6.07) is 8.05. The Kier molecular flexibility index (Phi) is 6.31. The number of halogens is 1. The highest BCUT2D eigenvalue weighted by Gasteiger charge is 2.24. The van der Waals surface area contributed by atoms with E-state index in [1.807, 2.05) is 56.4 Å². The van der Waals surface area contributed by atoms with Crippen LogP contribution < -0.4 is 15.5 Å². The van der Waals surface area contributed by atoms with Crippen molar-refractivity contribution in [3.8, 4) is 0 Å². The van der Waals surface area contributed by atoms with Crippen LogP contribution in [0.5, 0.6) is 0 Å². The molecule has 0 unspecified atom stereocenters. The topological polar surface area (TPSA) is 70.1 Å². The van der Waals surface area contributed by atoms with Gasteiger partial charge in [-0.3, -0.25) is 4.79 Å². The smallest absolute Gasteiger partial charge is 0.252 e. The molecular weight excluding hydrogens is 406 g/mol. The monoisotopic (exact) mass is 431 g/mol. The molecule has 1 fully saturated rings. The molecule has 0 radical (unpaired) electrons. The van der Waals surface area contributed by atoms with Crippen LogP contribution >= 0.6 is 15.9 Å². The van der Waals surface area contributed by atoms with Crippen LogP contribution in [0.1, 0.15) is 41.6 Å². The zero-order valence-corrected chi connectivity index (χ0v) is 17.6. The lowest BCUT2D eigenvalue weighted by Gasteiger charge is -2.30. The third-order valence-corrected chi connectivity index (χ3v) is 5.57. The van der Waals surface area contributed by atoms with Gasteiger partial charge >= 0.3 is 0 Å². The van der Waals surface area contributed by atoms with Crippen LogP contribution in [0.2, 0.25) is 0 Å². The van der Waals surface area contributed by atoms with Gasteiger partial charge in [0.15, 0.2) is 0 Å². The largest absolute Gasteiger partial charge is 0.362 e. The molecule has 1 aliphatic rings. The number of nitrogens with zero attached hydrogens (tertiary/aromatic N) is 3. The van der Waals surface area contributed by atoms with Gasteiger partial charge in [0.1, 0.15) is 5.82 Å². The van der Waals surface area contributed by atoms with E-state index in [1.54, 1.807) is 0 Å². The van der Waals surface area contributed by atoms with E-state index in [0.717, 1.165) is 41.5 Å². The van der Waals surface area contributed by atoms with E-state index in [-0.39, 0.29) is 11.9 Å². The van der Waals surface area contributed by atoms with Gasteiger partial charge in [-0.05, 0) is 60.7 Å². The fourth-order valence-electron chi connectivity index (χ4n) is 3.43. The maximum atomic E-state index is 12.5. The lowest BCUT2D eigenvalue weighted by molar-refractivity contribution is 0.0926. The number of amides is 1. The number of rotatable bonds is 5. The quantitative estimate of drug-likeness (QED) is 0.753. The second-order valence-electron chi connectivity index (χ2n) is 7.24. The standard InChI is InChI=1S/C20H26BrN5O/c1-13-12-22-20(25-18(13)26(2)3)24-15-10-8-14(9-11-15)23-19(27)16-6-4-5-7-17(16)21/h4-7,12,14-15H,8-11H2,1-3H3,(H,23,27)(H,22,24,25). The Balaban J connectivity index is 1.53. The summed E-state index contributed by atoms with van der Waals surface area (Å²) in [4.78, 5) is 23.5. The number of aromatic nitrogens is 2. The number of benzene rings is 1. The Morgan fingerprint density at radius 1 is 1.15 bits per heavy atom. The molecular formula is C20H26BrN5O. The lowest BCUT2D eigenvalue weighted by Crippen LogP contribution is -2.40. The van der Waals surface area contributed by atoms with E-state index in [9.17, 15) is 4.79 Å². The molecule has 0 atom stereocenters. The van der Waals surface area contributed by atoms with E-state index >= 15 is 0 Å². The minimum absolute atomic E-state index is 0.0172. The van der Waals surface area contributed by atoms with Crippen LogP contribution in [0.3, 0.4) is 0 Å². The lowest BCUT2D eigenvalue weighted by atomic mass is 9.91. The molecule has 1 aliphatic carbocycles. The van der Waals surface area contributed by atoms with Gasteiger partial charge in [0.05, 0.1) is 5.56 Å². The summed E-state index contributed by atoms with van der Waals surface area (Å²) < 4.78 is 0.825. The van der Waals surface area contributed by atoms with Gasteiger partial charge < -0.3 is 15.5 Å². The van der Waals surface area contributed by atoms with Gasteiger partial charge in [0.2, 0.25) is 5.95 Å². The van der Waals surface area contributed by atoms with Gasteiger partial charge in [0.25, 0.3) is 5.91 Å². The molecule has 0 spiro atoms. The van der Waals surface area contributed by atoms with E-state index in [4.69, 9.17) is 0 Å². The third-order valence-electron chi connectivity index (χ3n) is 4.88. The Morgan fingerprint density at radius 3 is 2.48 bits per heavy atom. The molecule has 144 valence electrons. The van der Waals surface area contributed by atoms with Crippen molar-refractivity contribution in [1.82, 2.24) is 15.3 Å². The van der Waals surface area contributed by atoms with Crippen LogP contribution in [0.4, 0.5) is 11.8 Å². The second kappa shape index (κ2) is 8.69. The molecule has 7 heteroatoms. The number of nitrogens with one attached hydrogen (secondary N) is 2. The van der Waals surface area contributed by atoms with Crippen LogP contribution in [0, 0.1) is 6.92 Å². The first-order valence-electron chi connectivity index (χ1n) is 9.27. The van der Waals surface area contributed by atoms with E-state index < -0.39 is 0 Å². The van der Waals surface area contributed by atoms with Crippen LogP contribution in [-0.4, -0.2) is 42.1 Å². The Morgan fingerprint density at radius 2 is 1.81 bits per heavy atom. The fraction of sp³-hybridized carbons (Fsp3) is 0.450. The summed E-state index contributed by atoms with van der Waals surface area (Å²) in [5.74, 6) is 1.59. The van der Waals surface area contributed by atoms with Crippen LogP contribution in [-0.2, 0) is 0 Å². The summed E-state index contributed by atoms with van der Waals surface area (Å²) in [5, 5.41) is 6.61. The van der Waals surface area contributed by atoms with Gasteiger partial charge in [0, 0.05) is 42.4 Å². The maximum absolute atomic E-state index is 12.5. The summed E-state index contributed by atoms with van der Waals surface area (Å²) in [6.45, 7) is 2.01. The van der Waals surface area contributed by atoms with Crippen molar-refractivity contribution in [3.63, 3.8) is 0 Å². The highest BCUT2D eigenvalue weighted by molar-refractivity contribution is 9.10. The molecule has 6 nitrogen and oxygen atoms in total.